The van der Waals surface area contributed by atoms with E-state index in [1.165, 1.54) is 36.6 Å². The third kappa shape index (κ3) is 4.26. The number of halogens is 1. The maximum atomic E-state index is 11.9. The van der Waals surface area contributed by atoms with Gasteiger partial charge in [-0.1, -0.05) is 24.9 Å². The minimum absolute atomic E-state index is 0.555. The van der Waals surface area contributed by atoms with E-state index in [0.717, 1.165) is 36.4 Å². The lowest BCUT2D eigenvalue weighted by molar-refractivity contribution is -0.106. The lowest BCUT2D eigenvalue weighted by atomic mass is 9.88. The molecule has 158 valence electrons. The van der Waals surface area contributed by atoms with Gasteiger partial charge in [-0.2, -0.15) is 0 Å². The van der Waals surface area contributed by atoms with Gasteiger partial charge in [-0.25, -0.2) is 0 Å². The van der Waals surface area contributed by atoms with E-state index in [-0.39, 0.29) is 0 Å². The first-order valence-electron chi connectivity index (χ1n) is 11.0. The fraction of sp³-hybridized carbons (Fsp3) is 0.400. The van der Waals surface area contributed by atoms with Crippen molar-refractivity contribution < 1.29 is 4.79 Å². The Kier molecular flexibility index (Phi) is 6.45. The number of nitrogens with zero attached hydrogens (tertiary/aromatic N) is 2. The predicted octanol–water partition coefficient (Wildman–Crippen LogP) is 6.48. The average Bonchev–Trinajstić information content (AvgIpc) is 3.19. The number of anilines is 2. The van der Waals surface area contributed by atoms with Crippen molar-refractivity contribution in [3.05, 3.63) is 59.2 Å². The molecule has 2 heterocycles. The van der Waals surface area contributed by atoms with Crippen molar-refractivity contribution in [2.24, 2.45) is 0 Å². The molecule has 0 spiro atoms. The Balaban J connectivity index is 1.57. The molecule has 30 heavy (non-hydrogen) atoms. The summed E-state index contributed by atoms with van der Waals surface area (Å²) in [6.07, 6.45) is 7.91. The first-order valence-corrected chi connectivity index (χ1v) is 11.3. The number of aromatic amines is 1. The SMILES string of the molecule is CCCC(C)N1CCC(c2c[nH]c3ccc(N(C=O)c4ccc(Cl)cc4)cc23)CC1. The summed E-state index contributed by atoms with van der Waals surface area (Å²) in [6.45, 7) is 6.93. The van der Waals surface area contributed by atoms with Crippen molar-refractivity contribution >= 4 is 40.3 Å². The van der Waals surface area contributed by atoms with Crippen LogP contribution >= 0.6 is 11.6 Å². The lowest BCUT2D eigenvalue weighted by Crippen LogP contribution is -2.39. The number of aromatic nitrogens is 1. The van der Waals surface area contributed by atoms with Gasteiger partial charge < -0.3 is 9.88 Å². The molecule has 0 bridgehead atoms. The number of carbonyl (C=O) groups is 1. The molecule has 4 nitrogen and oxygen atoms in total. The standard InChI is InChI=1S/C25H30ClN3O/c1-3-4-18(2)28-13-11-19(12-14-28)24-16-27-25-10-9-22(15-23(24)25)29(17-30)21-7-5-20(26)6-8-21/h5-10,15-19,27H,3-4,11-14H2,1-2H3. The van der Waals surface area contributed by atoms with Crippen LogP contribution in [0.1, 0.15) is 51.0 Å². The highest BCUT2D eigenvalue weighted by Gasteiger charge is 2.25. The molecular weight excluding hydrogens is 394 g/mol. The second-order valence-corrected chi connectivity index (χ2v) is 8.81. The number of nitrogens with one attached hydrogen (secondary N) is 1. The highest BCUT2D eigenvalue weighted by molar-refractivity contribution is 6.30. The molecular formula is C25H30ClN3O. The number of benzene rings is 2. The molecule has 3 aromatic rings. The van der Waals surface area contributed by atoms with E-state index in [2.05, 4.69) is 42.1 Å². The van der Waals surface area contributed by atoms with E-state index in [9.17, 15) is 4.79 Å². The van der Waals surface area contributed by atoms with Crippen LogP contribution in [-0.2, 0) is 4.79 Å². The van der Waals surface area contributed by atoms with Crippen molar-refractivity contribution in [3.8, 4) is 0 Å². The van der Waals surface area contributed by atoms with E-state index in [1.54, 1.807) is 17.0 Å². The van der Waals surface area contributed by atoms with Gasteiger partial charge in [-0.05, 0) is 93.2 Å². The zero-order chi connectivity index (χ0) is 21.1. The van der Waals surface area contributed by atoms with Gasteiger partial charge >= 0.3 is 0 Å². The Morgan fingerprint density at radius 1 is 1.17 bits per heavy atom. The summed E-state index contributed by atoms with van der Waals surface area (Å²) in [7, 11) is 0. The van der Waals surface area contributed by atoms with E-state index in [4.69, 9.17) is 11.6 Å². The molecule has 1 saturated heterocycles. The maximum Gasteiger partial charge on any atom is 0.218 e. The van der Waals surface area contributed by atoms with Gasteiger partial charge in [0.15, 0.2) is 0 Å². The van der Waals surface area contributed by atoms with Crippen LogP contribution in [0.4, 0.5) is 11.4 Å². The lowest BCUT2D eigenvalue weighted by Gasteiger charge is -2.36. The van der Waals surface area contributed by atoms with E-state index < -0.39 is 0 Å². The number of rotatable bonds is 7. The second kappa shape index (κ2) is 9.23. The maximum absolute atomic E-state index is 11.9. The second-order valence-electron chi connectivity index (χ2n) is 8.37. The van der Waals surface area contributed by atoms with Gasteiger partial charge in [0.1, 0.15) is 0 Å². The molecule has 4 rings (SSSR count). The van der Waals surface area contributed by atoms with E-state index in [0.29, 0.717) is 17.0 Å². The summed E-state index contributed by atoms with van der Waals surface area (Å²) in [5.74, 6) is 0.555. The van der Waals surface area contributed by atoms with Gasteiger partial charge in [0.2, 0.25) is 6.41 Å². The van der Waals surface area contributed by atoms with Crippen LogP contribution in [0.2, 0.25) is 5.02 Å². The van der Waals surface area contributed by atoms with Crippen molar-refractivity contribution in [3.63, 3.8) is 0 Å². The Bertz CT molecular complexity index is 989. The Morgan fingerprint density at radius 3 is 2.53 bits per heavy atom. The quantitative estimate of drug-likeness (QED) is 0.441. The zero-order valence-electron chi connectivity index (χ0n) is 17.8. The summed E-state index contributed by atoms with van der Waals surface area (Å²) in [5.41, 5.74) is 4.17. The van der Waals surface area contributed by atoms with Crippen LogP contribution in [0.3, 0.4) is 0 Å². The Hall–Kier alpha value is -2.30. The number of amides is 1. The monoisotopic (exact) mass is 423 g/mol. The molecule has 1 aromatic heterocycles. The molecule has 5 heteroatoms. The molecule has 0 aliphatic carbocycles. The summed E-state index contributed by atoms with van der Waals surface area (Å²) in [6, 6.07) is 14.2. The smallest absolute Gasteiger partial charge is 0.218 e. The van der Waals surface area contributed by atoms with Crippen molar-refractivity contribution in [1.82, 2.24) is 9.88 Å². The summed E-state index contributed by atoms with van der Waals surface area (Å²) in [5, 5.41) is 1.88. The summed E-state index contributed by atoms with van der Waals surface area (Å²) < 4.78 is 0. The fourth-order valence-electron chi connectivity index (χ4n) is 4.74. The predicted molar refractivity (Wildman–Crippen MR) is 126 cm³/mol. The van der Waals surface area contributed by atoms with Crippen molar-refractivity contribution in [1.29, 1.82) is 0 Å². The van der Waals surface area contributed by atoms with Gasteiger partial charge in [0.25, 0.3) is 0 Å². The molecule has 1 fully saturated rings. The van der Waals surface area contributed by atoms with Crippen molar-refractivity contribution in [2.75, 3.05) is 18.0 Å². The highest BCUT2D eigenvalue weighted by atomic mass is 35.5. The van der Waals surface area contributed by atoms with Gasteiger partial charge in [-0.15, -0.1) is 0 Å². The largest absolute Gasteiger partial charge is 0.361 e. The summed E-state index contributed by atoms with van der Waals surface area (Å²) in [4.78, 5) is 19.6. The molecule has 1 amide bonds. The van der Waals surface area contributed by atoms with Crippen LogP contribution in [0.15, 0.2) is 48.7 Å². The Labute approximate surface area is 183 Å². The molecule has 1 atom stereocenters. The topological polar surface area (TPSA) is 39.3 Å². The van der Waals surface area contributed by atoms with Gasteiger partial charge in [0, 0.05) is 39.5 Å². The zero-order valence-corrected chi connectivity index (χ0v) is 18.5. The average molecular weight is 424 g/mol. The molecule has 1 unspecified atom stereocenters. The van der Waals surface area contributed by atoms with Crippen molar-refractivity contribution in [2.45, 2.75) is 51.5 Å². The normalized spacial score (nSPS) is 16.6. The molecule has 1 aliphatic heterocycles. The number of fused-ring (bicyclic) bond motifs is 1. The molecule has 2 aromatic carbocycles. The third-order valence-corrected chi connectivity index (χ3v) is 6.74. The van der Waals surface area contributed by atoms with Crippen LogP contribution in [0, 0.1) is 0 Å². The molecule has 1 aliphatic rings. The first kappa shape index (κ1) is 21.0. The van der Waals surface area contributed by atoms with Crippen LogP contribution in [-0.4, -0.2) is 35.4 Å². The van der Waals surface area contributed by atoms with Crippen LogP contribution in [0.25, 0.3) is 10.9 Å². The minimum Gasteiger partial charge on any atom is -0.361 e. The number of piperidine rings is 1. The fourth-order valence-corrected chi connectivity index (χ4v) is 4.87. The third-order valence-electron chi connectivity index (χ3n) is 6.48. The number of likely N-dealkylation sites (tertiary alicyclic amines) is 1. The highest BCUT2D eigenvalue weighted by Crippen LogP contribution is 2.36. The number of hydrogen-bond acceptors (Lipinski definition) is 2. The van der Waals surface area contributed by atoms with Gasteiger partial charge in [0.05, 0.1) is 0 Å². The minimum atomic E-state index is 0.555. The summed E-state index contributed by atoms with van der Waals surface area (Å²) >= 11 is 6.01. The molecule has 0 saturated carbocycles. The first-order chi connectivity index (χ1) is 14.6. The number of hydrogen-bond donors (Lipinski definition) is 1. The van der Waals surface area contributed by atoms with E-state index in [1.807, 2.05) is 18.2 Å². The number of H-pyrrole nitrogens is 1. The van der Waals surface area contributed by atoms with E-state index >= 15 is 0 Å². The van der Waals surface area contributed by atoms with Crippen LogP contribution in [0.5, 0.6) is 0 Å². The molecule has 1 N–H and O–H groups in total. The Morgan fingerprint density at radius 2 is 1.87 bits per heavy atom. The van der Waals surface area contributed by atoms with Crippen LogP contribution < -0.4 is 4.90 Å². The number of carbonyl (C=O) groups excluding carboxylic acids is 1. The molecule has 0 radical (unpaired) electrons. The van der Waals surface area contributed by atoms with Gasteiger partial charge in [-0.3, -0.25) is 9.69 Å².